The van der Waals surface area contributed by atoms with Crippen molar-refractivity contribution in [2.45, 2.75) is 27.7 Å². The molecule has 0 amide bonds. The summed E-state index contributed by atoms with van der Waals surface area (Å²) >= 11 is 0. The summed E-state index contributed by atoms with van der Waals surface area (Å²) in [5.41, 5.74) is 2.09. The summed E-state index contributed by atoms with van der Waals surface area (Å²) in [6, 6.07) is 5.27. The number of phenols is 1. The number of phenolic OH excluding ortho intramolecular Hbond substituents is 1. The summed E-state index contributed by atoms with van der Waals surface area (Å²) in [7, 11) is 0. The van der Waals surface area contributed by atoms with Crippen LogP contribution in [0.15, 0.2) is 27.4 Å². The van der Waals surface area contributed by atoms with E-state index >= 15 is 0 Å². The lowest BCUT2D eigenvalue weighted by molar-refractivity contribution is 0.0522. The molecule has 0 fully saturated rings. The first kappa shape index (κ1) is 16.1. The number of carbonyl (C=O) groups is 1. The molecule has 0 aliphatic heterocycles. The van der Waals surface area contributed by atoms with Gasteiger partial charge >= 0.3 is 11.6 Å². The lowest BCUT2D eigenvalue weighted by atomic mass is 9.97. The number of rotatable bonds is 2. The van der Waals surface area contributed by atoms with Gasteiger partial charge in [-0.3, -0.25) is 0 Å². The van der Waals surface area contributed by atoms with Gasteiger partial charge in [0.05, 0.1) is 17.4 Å². The van der Waals surface area contributed by atoms with Gasteiger partial charge in [0, 0.05) is 5.39 Å². The van der Waals surface area contributed by atoms with Gasteiger partial charge in [-0.25, -0.2) is 9.59 Å². The molecule has 124 valence electrons. The van der Waals surface area contributed by atoms with Gasteiger partial charge in [-0.1, -0.05) is 17.7 Å². The third-order valence-corrected chi connectivity index (χ3v) is 4.10. The third-order valence-electron chi connectivity index (χ3n) is 4.10. The summed E-state index contributed by atoms with van der Waals surface area (Å²) in [4.78, 5) is 24.5. The van der Waals surface area contributed by atoms with Crippen LogP contribution < -0.4 is 5.63 Å². The molecule has 0 aliphatic rings. The summed E-state index contributed by atoms with van der Waals surface area (Å²) in [5, 5.41) is 12.1. The van der Waals surface area contributed by atoms with Crippen LogP contribution >= 0.6 is 0 Å². The number of aromatic hydroxyl groups is 1. The zero-order valence-electron chi connectivity index (χ0n) is 14.0. The topological polar surface area (TPSA) is 76.7 Å². The van der Waals surface area contributed by atoms with Crippen molar-refractivity contribution < 1.29 is 19.1 Å². The maximum atomic E-state index is 12.3. The van der Waals surface area contributed by atoms with Crippen molar-refractivity contribution in [1.29, 1.82) is 0 Å². The molecule has 3 aromatic rings. The maximum Gasteiger partial charge on any atom is 0.344 e. The van der Waals surface area contributed by atoms with Gasteiger partial charge < -0.3 is 14.3 Å². The zero-order valence-corrected chi connectivity index (χ0v) is 14.0. The molecule has 5 heteroatoms. The van der Waals surface area contributed by atoms with E-state index in [4.69, 9.17) is 9.15 Å². The number of aryl methyl sites for hydroxylation is 3. The van der Waals surface area contributed by atoms with Crippen LogP contribution in [0.5, 0.6) is 5.75 Å². The van der Waals surface area contributed by atoms with E-state index in [-0.39, 0.29) is 23.5 Å². The van der Waals surface area contributed by atoms with Gasteiger partial charge in [0.2, 0.25) is 0 Å². The van der Waals surface area contributed by atoms with E-state index in [0.717, 1.165) is 11.1 Å². The number of hydrogen-bond donors (Lipinski definition) is 1. The van der Waals surface area contributed by atoms with Crippen molar-refractivity contribution in [3.63, 3.8) is 0 Å². The Morgan fingerprint density at radius 2 is 1.83 bits per heavy atom. The van der Waals surface area contributed by atoms with Gasteiger partial charge in [0.25, 0.3) is 0 Å². The Morgan fingerprint density at radius 1 is 1.12 bits per heavy atom. The first-order valence-corrected chi connectivity index (χ1v) is 7.72. The minimum Gasteiger partial charge on any atom is -0.506 e. The number of hydrogen-bond acceptors (Lipinski definition) is 5. The molecule has 1 heterocycles. The molecule has 1 N–H and O–H groups in total. The van der Waals surface area contributed by atoms with Crippen LogP contribution in [0.25, 0.3) is 21.7 Å². The fourth-order valence-corrected chi connectivity index (χ4v) is 3.16. The van der Waals surface area contributed by atoms with Crippen molar-refractivity contribution in [3.05, 3.63) is 50.9 Å². The molecular formula is C19H18O5. The first-order chi connectivity index (χ1) is 11.3. The van der Waals surface area contributed by atoms with E-state index in [1.54, 1.807) is 19.9 Å². The highest BCUT2D eigenvalue weighted by Gasteiger charge is 2.22. The highest BCUT2D eigenvalue weighted by molar-refractivity contribution is 6.12. The lowest BCUT2D eigenvalue weighted by Gasteiger charge is -2.13. The fourth-order valence-electron chi connectivity index (χ4n) is 3.16. The second kappa shape index (κ2) is 5.67. The van der Waals surface area contributed by atoms with Crippen molar-refractivity contribution in [1.82, 2.24) is 0 Å². The monoisotopic (exact) mass is 326 g/mol. The predicted molar refractivity (Wildman–Crippen MR) is 91.8 cm³/mol. The number of ether oxygens (including phenoxy) is 1. The number of benzene rings is 2. The Kier molecular flexibility index (Phi) is 3.79. The molecule has 3 rings (SSSR count). The standard InChI is InChI=1S/C19H18O5/c1-5-23-18(21)15-11(4)8-13-16(17(15)20)12-7-9(2)6-10(3)14(12)19(22)24-13/h6-8,20H,5H2,1-4H3. The minimum atomic E-state index is -0.599. The highest BCUT2D eigenvalue weighted by Crippen LogP contribution is 2.37. The second-order valence-corrected chi connectivity index (χ2v) is 5.90. The number of carbonyl (C=O) groups excluding carboxylic acids is 1. The molecule has 2 aromatic carbocycles. The smallest absolute Gasteiger partial charge is 0.344 e. The van der Waals surface area contributed by atoms with E-state index in [9.17, 15) is 14.7 Å². The van der Waals surface area contributed by atoms with Crippen LogP contribution in [0.2, 0.25) is 0 Å². The summed E-state index contributed by atoms with van der Waals surface area (Å²) in [6.07, 6.45) is 0. The first-order valence-electron chi connectivity index (χ1n) is 7.72. The summed E-state index contributed by atoms with van der Waals surface area (Å²) in [5.74, 6) is -0.819. The van der Waals surface area contributed by atoms with Gasteiger partial charge in [0.15, 0.2) is 0 Å². The molecule has 0 spiro atoms. The Bertz CT molecular complexity index is 1040. The molecule has 5 nitrogen and oxygen atoms in total. The Labute approximate surface area is 138 Å². The molecule has 0 radical (unpaired) electrons. The van der Waals surface area contributed by atoms with E-state index < -0.39 is 11.6 Å². The van der Waals surface area contributed by atoms with Gasteiger partial charge in [0.1, 0.15) is 16.9 Å². The summed E-state index contributed by atoms with van der Waals surface area (Å²) in [6.45, 7) is 7.29. The Morgan fingerprint density at radius 3 is 2.50 bits per heavy atom. The molecule has 0 bridgehead atoms. The molecule has 0 saturated carbocycles. The van der Waals surface area contributed by atoms with Crippen LogP contribution in [0.4, 0.5) is 0 Å². The van der Waals surface area contributed by atoms with E-state index in [1.165, 1.54) is 0 Å². The molecule has 0 atom stereocenters. The van der Waals surface area contributed by atoms with Crippen LogP contribution in [0.3, 0.4) is 0 Å². The van der Waals surface area contributed by atoms with Gasteiger partial charge in [-0.15, -0.1) is 0 Å². The largest absolute Gasteiger partial charge is 0.506 e. The zero-order chi connectivity index (χ0) is 17.6. The molecular weight excluding hydrogens is 308 g/mol. The third kappa shape index (κ3) is 2.33. The molecule has 1 aromatic heterocycles. The van der Waals surface area contributed by atoms with Crippen molar-refractivity contribution in [3.8, 4) is 5.75 Å². The van der Waals surface area contributed by atoms with Crippen molar-refractivity contribution in [2.75, 3.05) is 6.61 Å². The SMILES string of the molecule is CCOC(=O)c1c(C)cc2oc(=O)c3c(C)cc(C)cc3c2c1O. The Hall–Kier alpha value is -2.82. The maximum absolute atomic E-state index is 12.3. The van der Waals surface area contributed by atoms with Crippen molar-refractivity contribution in [2.24, 2.45) is 0 Å². The number of fused-ring (bicyclic) bond motifs is 3. The van der Waals surface area contributed by atoms with E-state index in [2.05, 4.69) is 0 Å². The van der Waals surface area contributed by atoms with E-state index in [0.29, 0.717) is 21.7 Å². The lowest BCUT2D eigenvalue weighted by Crippen LogP contribution is -2.09. The molecule has 0 saturated heterocycles. The average molecular weight is 326 g/mol. The predicted octanol–water partition coefficient (Wildman–Crippen LogP) is 3.75. The van der Waals surface area contributed by atoms with Crippen LogP contribution in [-0.4, -0.2) is 17.7 Å². The average Bonchev–Trinajstić information content (AvgIpc) is 2.45. The second-order valence-electron chi connectivity index (χ2n) is 5.90. The molecule has 0 aliphatic carbocycles. The highest BCUT2D eigenvalue weighted by atomic mass is 16.5. The molecule has 0 unspecified atom stereocenters. The quantitative estimate of drug-likeness (QED) is 0.441. The van der Waals surface area contributed by atoms with E-state index in [1.807, 2.05) is 26.0 Å². The fraction of sp³-hybridized carbons (Fsp3) is 0.263. The van der Waals surface area contributed by atoms with Gasteiger partial charge in [-0.2, -0.15) is 0 Å². The van der Waals surface area contributed by atoms with Crippen molar-refractivity contribution >= 4 is 27.7 Å². The van der Waals surface area contributed by atoms with Crippen LogP contribution in [0.1, 0.15) is 34.0 Å². The Balaban J connectivity index is 2.54. The molecule has 24 heavy (non-hydrogen) atoms. The van der Waals surface area contributed by atoms with Crippen LogP contribution in [-0.2, 0) is 4.74 Å². The number of esters is 1. The normalized spacial score (nSPS) is 11.2. The van der Waals surface area contributed by atoms with Crippen LogP contribution in [0, 0.1) is 20.8 Å². The van der Waals surface area contributed by atoms with Gasteiger partial charge in [-0.05, 0) is 44.9 Å². The summed E-state index contributed by atoms with van der Waals surface area (Å²) < 4.78 is 10.4. The minimum absolute atomic E-state index is 0.0960.